The first-order chi connectivity index (χ1) is 10.6. The molecule has 6 heteroatoms. The van der Waals surface area contributed by atoms with Crippen molar-refractivity contribution >= 4 is 35.8 Å². The topological polar surface area (TPSA) is 66.5 Å². The van der Waals surface area contributed by atoms with Crippen LogP contribution in [0.4, 0.5) is 5.82 Å². The summed E-state index contributed by atoms with van der Waals surface area (Å²) in [6.45, 7) is 10.1. The number of pyridine rings is 1. The van der Waals surface area contributed by atoms with Crippen LogP contribution in [0.15, 0.2) is 17.1 Å². The second-order valence-electron chi connectivity index (χ2n) is 6.44. The highest BCUT2D eigenvalue weighted by Crippen LogP contribution is 2.23. The van der Waals surface area contributed by atoms with Crippen molar-refractivity contribution < 1.29 is 0 Å². The molecule has 0 radical (unpaired) electrons. The number of anilines is 1. The third kappa shape index (κ3) is 6.53. The fraction of sp³-hybridized carbons (Fsp3) is 0.647. The number of halogens is 1. The summed E-state index contributed by atoms with van der Waals surface area (Å²) in [7, 11) is 0. The summed E-state index contributed by atoms with van der Waals surface area (Å²) in [5.74, 6) is 2.27. The molecule has 2 heterocycles. The molecule has 0 amide bonds. The predicted molar refractivity (Wildman–Crippen MR) is 109 cm³/mol. The van der Waals surface area contributed by atoms with E-state index in [1.807, 2.05) is 13.0 Å². The molecule has 1 fully saturated rings. The van der Waals surface area contributed by atoms with Crippen molar-refractivity contribution in [3.8, 4) is 0 Å². The Labute approximate surface area is 157 Å². The monoisotopic (exact) mass is 431 g/mol. The van der Waals surface area contributed by atoms with E-state index >= 15 is 0 Å². The molecule has 0 atom stereocenters. The molecule has 0 saturated carbocycles. The Morgan fingerprint density at radius 1 is 1.35 bits per heavy atom. The molecular formula is C17H30IN5. The van der Waals surface area contributed by atoms with Gasteiger partial charge in [-0.05, 0) is 38.2 Å². The van der Waals surface area contributed by atoms with Gasteiger partial charge in [-0.3, -0.25) is 0 Å². The van der Waals surface area contributed by atoms with Crippen LogP contribution in [0.2, 0.25) is 0 Å². The number of guanidine groups is 1. The Morgan fingerprint density at radius 2 is 2.04 bits per heavy atom. The molecule has 1 saturated heterocycles. The summed E-state index contributed by atoms with van der Waals surface area (Å²) in [6.07, 6.45) is 3.59. The first-order valence-electron chi connectivity index (χ1n) is 8.31. The minimum absolute atomic E-state index is 0. The molecule has 0 aliphatic carbocycles. The molecule has 1 aromatic rings. The molecule has 23 heavy (non-hydrogen) atoms. The van der Waals surface area contributed by atoms with Gasteiger partial charge < -0.3 is 16.0 Å². The molecule has 0 unspecified atom stereocenters. The second kappa shape index (κ2) is 9.95. The third-order valence-corrected chi connectivity index (χ3v) is 3.95. The van der Waals surface area contributed by atoms with E-state index in [1.165, 1.54) is 12.8 Å². The SMILES string of the molecule is Cc1ccc(CN=C(N)NCCC(C)C)c(N2CCCC2)n1.I. The van der Waals surface area contributed by atoms with Crippen molar-refractivity contribution in [2.75, 3.05) is 24.5 Å². The number of nitrogens with two attached hydrogens (primary N) is 1. The van der Waals surface area contributed by atoms with Gasteiger partial charge in [-0.25, -0.2) is 9.98 Å². The van der Waals surface area contributed by atoms with Crippen LogP contribution in [0.3, 0.4) is 0 Å². The largest absolute Gasteiger partial charge is 0.370 e. The molecule has 1 aliphatic heterocycles. The van der Waals surface area contributed by atoms with Gasteiger partial charge in [-0.15, -0.1) is 24.0 Å². The summed E-state index contributed by atoms with van der Waals surface area (Å²) in [5.41, 5.74) is 8.15. The third-order valence-electron chi connectivity index (χ3n) is 3.95. The van der Waals surface area contributed by atoms with E-state index in [1.54, 1.807) is 0 Å². The van der Waals surface area contributed by atoms with Crippen molar-refractivity contribution in [2.24, 2.45) is 16.6 Å². The molecule has 130 valence electrons. The van der Waals surface area contributed by atoms with Crippen LogP contribution in [-0.4, -0.2) is 30.6 Å². The molecule has 0 aromatic carbocycles. The summed E-state index contributed by atoms with van der Waals surface area (Å²) in [5, 5.41) is 3.18. The number of aliphatic imine (C=N–C) groups is 1. The van der Waals surface area contributed by atoms with Crippen molar-refractivity contribution in [1.29, 1.82) is 0 Å². The standard InChI is InChI=1S/C17H29N5.HI/c1-13(2)8-9-19-17(18)20-12-15-7-6-14(3)21-16(15)22-10-4-5-11-22;/h6-7,13H,4-5,8-12H2,1-3H3,(H3,18,19,20);1H. The Kier molecular flexibility index (Phi) is 8.65. The molecule has 3 N–H and O–H groups in total. The maximum absolute atomic E-state index is 5.95. The maximum Gasteiger partial charge on any atom is 0.188 e. The molecule has 2 rings (SSSR count). The number of aryl methyl sites for hydroxylation is 1. The molecule has 1 aliphatic rings. The Balaban J connectivity index is 0.00000264. The highest BCUT2D eigenvalue weighted by molar-refractivity contribution is 14.0. The normalized spacial score (nSPS) is 15.0. The van der Waals surface area contributed by atoms with Gasteiger partial charge in [0.25, 0.3) is 0 Å². The summed E-state index contributed by atoms with van der Waals surface area (Å²) in [6, 6.07) is 4.17. The molecule has 0 spiro atoms. The lowest BCUT2D eigenvalue weighted by molar-refractivity contribution is 0.576. The second-order valence-corrected chi connectivity index (χ2v) is 6.44. The van der Waals surface area contributed by atoms with Gasteiger partial charge in [0.05, 0.1) is 6.54 Å². The number of hydrogen-bond donors (Lipinski definition) is 2. The van der Waals surface area contributed by atoms with E-state index in [4.69, 9.17) is 10.7 Å². The van der Waals surface area contributed by atoms with Crippen molar-refractivity contribution in [3.05, 3.63) is 23.4 Å². The zero-order valence-electron chi connectivity index (χ0n) is 14.5. The van der Waals surface area contributed by atoms with Crippen LogP contribution in [0.1, 0.15) is 44.4 Å². The summed E-state index contributed by atoms with van der Waals surface area (Å²) >= 11 is 0. The zero-order valence-corrected chi connectivity index (χ0v) is 16.8. The lowest BCUT2D eigenvalue weighted by Crippen LogP contribution is -2.33. The Hall–Kier alpha value is -1.05. The molecule has 1 aromatic heterocycles. The van der Waals surface area contributed by atoms with Gasteiger partial charge in [0, 0.05) is 30.9 Å². The fourth-order valence-electron chi connectivity index (χ4n) is 2.61. The number of nitrogens with zero attached hydrogens (tertiary/aromatic N) is 3. The van der Waals surface area contributed by atoms with Crippen molar-refractivity contribution in [2.45, 2.75) is 46.6 Å². The minimum atomic E-state index is 0. The Bertz CT molecular complexity index is 510. The van der Waals surface area contributed by atoms with Crippen LogP contribution in [0, 0.1) is 12.8 Å². The van der Waals surface area contributed by atoms with Gasteiger partial charge >= 0.3 is 0 Å². The number of aromatic nitrogens is 1. The average molecular weight is 431 g/mol. The van der Waals surface area contributed by atoms with Gasteiger partial charge in [0.2, 0.25) is 0 Å². The van der Waals surface area contributed by atoms with E-state index in [0.29, 0.717) is 18.4 Å². The van der Waals surface area contributed by atoms with E-state index in [0.717, 1.165) is 43.1 Å². The van der Waals surface area contributed by atoms with E-state index in [-0.39, 0.29) is 24.0 Å². The van der Waals surface area contributed by atoms with E-state index in [9.17, 15) is 0 Å². The van der Waals surface area contributed by atoms with Gasteiger partial charge in [0.1, 0.15) is 5.82 Å². The first kappa shape index (κ1) is 20.0. The van der Waals surface area contributed by atoms with Crippen LogP contribution in [0.5, 0.6) is 0 Å². The lowest BCUT2D eigenvalue weighted by Gasteiger charge is -2.20. The van der Waals surface area contributed by atoms with Crippen LogP contribution < -0.4 is 16.0 Å². The Morgan fingerprint density at radius 3 is 2.70 bits per heavy atom. The van der Waals surface area contributed by atoms with Crippen LogP contribution in [0.25, 0.3) is 0 Å². The quantitative estimate of drug-likeness (QED) is 0.413. The van der Waals surface area contributed by atoms with Gasteiger partial charge in [-0.1, -0.05) is 19.9 Å². The van der Waals surface area contributed by atoms with Crippen LogP contribution in [-0.2, 0) is 6.54 Å². The summed E-state index contributed by atoms with van der Waals surface area (Å²) < 4.78 is 0. The average Bonchev–Trinajstić information content (AvgIpc) is 2.99. The van der Waals surface area contributed by atoms with Gasteiger partial charge in [-0.2, -0.15) is 0 Å². The predicted octanol–water partition coefficient (Wildman–Crippen LogP) is 3.06. The first-order valence-corrected chi connectivity index (χ1v) is 8.31. The van der Waals surface area contributed by atoms with Gasteiger partial charge in [0.15, 0.2) is 5.96 Å². The highest BCUT2D eigenvalue weighted by atomic mass is 127. The highest BCUT2D eigenvalue weighted by Gasteiger charge is 2.17. The van der Waals surface area contributed by atoms with E-state index < -0.39 is 0 Å². The lowest BCUT2D eigenvalue weighted by atomic mass is 10.1. The van der Waals surface area contributed by atoms with Crippen LogP contribution >= 0.6 is 24.0 Å². The summed E-state index contributed by atoms with van der Waals surface area (Å²) in [4.78, 5) is 11.5. The minimum Gasteiger partial charge on any atom is -0.370 e. The fourth-order valence-corrected chi connectivity index (χ4v) is 2.61. The molecule has 5 nitrogen and oxygen atoms in total. The van der Waals surface area contributed by atoms with Crippen molar-refractivity contribution in [1.82, 2.24) is 10.3 Å². The van der Waals surface area contributed by atoms with E-state index in [2.05, 4.69) is 35.1 Å². The zero-order chi connectivity index (χ0) is 15.9. The smallest absolute Gasteiger partial charge is 0.188 e. The van der Waals surface area contributed by atoms with Crippen molar-refractivity contribution in [3.63, 3.8) is 0 Å². The molecule has 0 bridgehead atoms. The number of rotatable bonds is 6. The maximum atomic E-state index is 5.95. The number of nitrogens with one attached hydrogen (secondary N) is 1. The molecular weight excluding hydrogens is 401 g/mol. The number of hydrogen-bond acceptors (Lipinski definition) is 3.